The number of benzene rings is 1. The third-order valence-corrected chi connectivity index (χ3v) is 3.84. The zero-order valence-electron chi connectivity index (χ0n) is 13.6. The van der Waals surface area contributed by atoms with E-state index in [1.807, 2.05) is 0 Å². The van der Waals surface area contributed by atoms with E-state index in [4.69, 9.17) is 31.5 Å². The maximum absolute atomic E-state index is 12.4. The van der Waals surface area contributed by atoms with Crippen LogP contribution in [0.2, 0.25) is 5.02 Å². The number of esters is 2. The summed E-state index contributed by atoms with van der Waals surface area (Å²) in [7, 11) is 1.23. The van der Waals surface area contributed by atoms with Crippen molar-refractivity contribution < 1.29 is 23.8 Å². The fraction of sp³-hybridized carbons (Fsp3) is 0.294. The summed E-state index contributed by atoms with van der Waals surface area (Å²) in [5.41, 5.74) is 6.78. The molecule has 0 spiro atoms. The van der Waals surface area contributed by atoms with E-state index >= 15 is 0 Å². The molecule has 1 heterocycles. The molecule has 1 aromatic carbocycles. The summed E-state index contributed by atoms with van der Waals surface area (Å²) >= 11 is 5.93. The molecule has 1 atom stereocenters. The van der Waals surface area contributed by atoms with Crippen molar-refractivity contribution in [3.8, 4) is 0 Å². The van der Waals surface area contributed by atoms with E-state index in [1.165, 1.54) is 7.11 Å². The highest BCUT2D eigenvalue weighted by Crippen LogP contribution is 2.40. The van der Waals surface area contributed by atoms with Gasteiger partial charge in [-0.1, -0.05) is 23.7 Å². The third-order valence-electron chi connectivity index (χ3n) is 3.59. The average molecular weight is 352 g/mol. The molecule has 0 bridgehead atoms. The number of methoxy groups -OCH3 is 1. The number of halogens is 1. The minimum Gasteiger partial charge on any atom is -0.465 e. The summed E-state index contributed by atoms with van der Waals surface area (Å²) in [6, 6.07) is 6.74. The minimum absolute atomic E-state index is 0.0495. The SMILES string of the molecule is CCOC(=O)C1=C(C)OC(N)=C(C(=O)OC)[C@H]1c1ccc(Cl)cc1. The lowest BCUT2D eigenvalue weighted by atomic mass is 9.82. The number of hydrogen-bond donors (Lipinski definition) is 1. The van der Waals surface area contributed by atoms with E-state index in [0.717, 1.165) is 0 Å². The van der Waals surface area contributed by atoms with Gasteiger partial charge in [-0.15, -0.1) is 0 Å². The maximum Gasteiger partial charge on any atom is 0.340 e. The number of rotatable bonds is 4. The standard InChI is InChI=1S/C17H18ClNO5/c1-4-23-17(21)12-9(2)24-15(19)14(16(20)22-3)13(12)10-5-7-11(18)8-6-10/h5-8,13H,4,19H2,1-3H3/t13-/m0/s1. The van der Waals surface area contributed by atoms with Crippen LogP contribution in [0.5, 0.6) is 0 Å². The zero-order chi connectivity index (χ0) is 17.9. The van der Waals surface area contributed by atoms with Crippen LogP contribution in [-0.4, -0.2) is 25.7 Å². The molecule has 0 aromatic heterocycles. The van der Waals surface area contributed by atoms with Gasteiger partial charge in [-0.05, 0) is 31.5 Å². The zero-order valence-corrected chi connectivity index (χ0v) is 14.3. The van der Waals surface area contributed by atoms with Crippen LogP contribution < -0.4 is 5.73 Å². The van der Waals surface area contributed by atoms with E-state index < -0.39 is 17.9 Å². The second kappa shape index (κ2) is 7.40. The van der Waals surface area contributed by atoms with Crippen LogP contribution in [-0.2, 0) is 23.8 Å². The molecule has 7 heteroatoms. The van der Waals surface area contributed by atoms with Gasteiger partial charge in [-0.2, -0.15) is 0 Å². The Morgan fingerprint density at radius 2 is 1.83 bits per heavy atom. The smallest absolute Gasteiger partial charge is 0.340 e. The summed E-state index contributed by atoms with van der Waals surface area (Å²) in [4.78, 5) is 24.6. The second-order valence-electron chi connectivity index (χ2n) is 5.05. The van der Waals surface area contributed by atoms with Gasteiger partial charge in [0.25, 0.3) is 0 Å². The van der Waals surface area contributed by atoms with Gasteiger partial charge in [0.1, 0.15) is 11.3 Å². The molecule has 2 rings (SSSR count). The molecule has 6 nitrogen and oxygen atoms in total. The molecule has 0 saturated carbocycles. The molecule has 0 fully saturated rings. The van der Waals surface area contributed by atoms with E-state index in [-0.39, 0.29) is 29.4 Å². The average Bonchev–Trinajstić information content (AvgIpc) is 2.54. The first-order valence-electron chi connectivity index (χ1n) is 7.29. The third kappa shape index (κ3) is 3.38. The highest BCUT2D eigenvalue weighted by atomic mass is 35.5. The molecule has 1 aliphatic heterocycles. The highest BCUT2D eigenvalue weighted by Gasteiger charge is 2.39. The quantitative estimate of drug-likeness (QED) is 0.839. The monoisotopic (exact) mass is 351 g/mol. The molecule has 24 heavy (non-hydrogen) atoms. The van der Waals surface area contributed by atoms with Gasteiger partial charge in [0.2, 0.25) is 5.88 Å². The number of carbonyl (C=O) groups excluding carboxylic acids is 2. The van der Waals surface area contributed by atoms with E-state index in [0.29, 0.717) is 10.6 Å². The Hall–Kier alpha value is -2.47. The number of hydrogen-bond acceptors (Lipinski definition) is 6. The van der Waals surface area contributed by atoms with Gasteiger partial charge in [-0.3, -0.25) is 0 Å². The van der Waals surface area contributed by atoms with Gasteiger partial charge in [0.15, 0.2) is 0 Å². The summed E-state index contributed by atoms with van der Waals surface area (Å²) in [5.74, 6) is -1.85. The van der Waals surface area contributed by atoms with Crippen LogP contribution >= 0.6 is 11.6 Å². The van der Waals surface area contributed by atoms with Crippen molar-refractivity contribution in [1.82, 2.24) is 0 Å². The van der Waals surface area contributed by atoms with Crippen LogP contribution in [0.25, 0.3) is 0 Å². The van der Waals surface area contributed by atoms with Crippen LogP contribution in [0.3, 0.4) is 0 Å². The highest BCUT2D eigenvalue weighted by molar-refractivity contribution is 6.30. The van der Waals surface area contributed by atoms with Gasteiger partial charge >= 0.3 is 11.9 Å². The predicted molar refractivity (Wildman–Crippen MR) is 87.8 cm³/mol. The molecule has 0 aliphatic carbocycles. The fourth-order valence-corrected chi connectivity index (χ4v) is 2.68. The molecular formula is C17H18ClNO5. The van der Waals surface area contributed by atoms with E-state index in [9.17, 15) is 9.59 Å². The van der Waals surface area contributed by atoms with Crippen LogP contribution in [0, 0.1) is 0 Å². The largest absolute Gasteiger partial charge is 0.465 e. The van der Waals surface area contributed by atoms with Crippen molar-refractivity contribution in [2.24, 2.45) is 5.73 Å². The number of allylic oxidation sites excluding steroid dienone is 1. The number of carbonyl (C=O) groups is 2. The molecule has 2 N–H and O–H groups in total. The first-order valence-corrected chi connectivity index (χ1v) is 7.67. The minimum atomic E-state index is -0.762. The molecule has 0 radical (unpaired) electrons. The first-order chi connectivity index (χ1) is 11.4. The van der Waals surface area contributed by atoms with Crippen LogP contribution in [0.4, 0.5) is 0 Å². The van der Waals surface area contributed by atoms with Crippen molar-refractivity contribution in [2.45, 2.75) is 19.8 Å². The van der Waals surface area contributed by atoms with E-state index in [2.05, 4.69) is 0 Å². The van der Waals surface area contributed by atoms with Crippen molar-refractivity contribution in [3.63, 3.8) is 0 Å². The molecule has 0 unspecified atom stereocenters. The molecule has 0 amide bonds. The normalized spacial score (nSPS) is 17.4. The Bertz CT molecular complexity index is 721. The molecular weight excluding hydrogens is 334 g/mol. The molecule has 1 aromatic rings. The first kappa shape index (κ1) is 17.9. The Morgan fingerprint density at radius 3 is 2.38 bits per heavy atom. The molecule has 1 aliphatic rings. The topological polar surface area (TPSA) is 87.9 Å². The summed E-state index contributed by atoms with van der Waals surface area (Å²) in [5, 5.41) is 0.528. The lowest BCUT2D eigenvalue weighted by Crippen LogP contribution is -2.29. The van der Waals surface area contributed by atoms with E-state index in [1.54, 1.807) is 38.1 Å². The second-order valence-corrected chi connectivity index (χ2v) is 5.48. The summed E-state index contributed by atoms with van der Waals surface area (Å²) < 4.78 is 15.3. The molecule has 128 valence electrons. The Balaban J connectivity index is 2.63. The van der Waals surface area contributed by atoms with Crippen molar-refractivity contribution in [3.05, 3.63) is 57.6 Å². The fourth-order valence-electron chi connectivity index (χ4n) is 2.55. The Kier molecular flexibility index (Phi) is 5.51. The summed E-state index contributed by atoms with van der Waals surface area (Å²) in [6.07, 6.45) is 0. The van der Waals surface area contributed by atoms with Crippen LogP contribution in [0.1, 0.15) is 25.3 Å². The van der Waals surface area contributed by atoms with Crippen LogP contribution in [0.15, 0.2) is 47.1 Å². The van der Waals surface area contributed by atoms with Crippen molar-refractivity contribution in [2.75, 3.05) is 13.7 Å². The number of nitrogens with two attached hydrogens (primary N) is 1. The number of ether oxygens (including phenoxy) is 3. The lowest BCUT2D eigenvalue weighted by Gasteiger charge is -2.28. The molecule has 0 saturated heterocycles. The van der Waals surface area contributed by atoms with Crippen molar-refractivity contribution in [1.29, 1.82) is 0 Å². The Labute approximate surface area is 144 Å². The summed E-state index contributed by atoms with van der Waals surface area (Å²) in [6.45, 7) is 3.48. The maximum atomic E-state index is 12.4. The lowest BCUT2D eigenvalue weighted by molar-refractivity contribution is -0.139. The van der Waals surface area contributed by atoms with Crippen molar-refractivity contribution >= 4 is 23.5 Å². The van der Waals surface area contributed by atoms with Gasteiger partial charge in [0.05, 0.1) is 25.2 Å². The van der Waals surface area contributed by atoms with Gasteiger partial charge < -0.3 is 19.9 Å². The predicted octanol–water partition coefficient (Wildman–Crippen LogP) is 2.63. The van der Waals surface area contributed by atoms with Gasteiger partial charge in [0, 0.05) is 5.02 Å². The van der Waals surface area contributed by atoms with Gasteiger partial charge in [-0.25, -0.2) is 9.59 Å². The Morgan fingerprint density at radius 1 is 1.21 bits per heavy atom.